The highest BCUT2D eigenvalue weighted by atomic mass is 15.0. The van der Waals surface area contributed by atoms with Gasteiger partial charge in [-0.25, -0.2) is 9.97 Å². The number of nitrogens with zero attached hydrogens (tertiary/aromatic N) is 2. The topological polar surface area (TPSA) is 53.6 Å². The van der Waals surface area contributed by atoms with Crippen LogP contribution in [0, 0.1) is 0 Å². The number of fused-ring (bicyclic) bond motifs is 1. The number of aromatic amines is 1. The number of nitrogens with one attached hydrogen (secondary N) is 2. The minimum atomic E-state index is 0.356. The van der Waals surface area contributed by atoms with Gasteiger partial charge in [0.2, 0.25) is 0 Å². The molecule has 0 bridgehead atoms. The Hall–Kier alpha value is -1.42. The molecule has 0 radical (unpaired) electrons. The molecule has 1 unspecified atom stereocenters. The van der Waals surface area contributed by atoms with Gasteiger partial charge in [-0.2, -0.15) is 0 Å². The van der Waals surface area contributed by atoms with Crippen molar-refractivity contribution in [3.63, 3.8) is 0 Å². The van der Waals surface area contributed by atoms with Crippen LogP contribution in [0.4, 0.5) is 0 Å². The zero-order valence-electron chi connectivity index (χ0n) is 7.83. The molecule has 4 heteroatoms. The number of aromatic nitrogens is 3. The average Bonchev–Trinajstić information content (AvgIpc) is 2.88. The number of hydrogen-bond acceptors (Lipinski definition) is 3. The van der Waals surface area contributed by atoms with E-state index in [9.17, 15) is 0 Å². The molecule has 0 aromatic carbocycles. The smallest absolute Gasteiger partial charge is 0.145 e. The highest BCUT2D eigenvalue weighted by molar-refractivity contribution is 5.73. The van der Waals surface area contributed by atoms with E-state index >= 15 is 0 Å². The predicted octanol–water partition coefficient (Wildman–Crippen LogP) is 1.38. The average molecular weight is 188 g/mol. The Labute approximate surface area is 81.8 Å². The van der Waals surface area contributed by atoms with Crippen LogP contribution in [-0.2, 0) is 0 Å². The third-order valence-electron chi connectivity index (χ3n) is 2.69. The zero-order chi connectivity index (χ0) is 9.38. The molecule has 1 aliphatic rings. The van der Waals surface area contributed by atoms with E-state index in [-0.39, 0.29) is 0 Å². The monoisotopic (exact) mass is 188 g/mol. The summed E-state index contributed by atoms with van der Waals surface area (Å²) in [5.74, 6) is 0.926. The summed E-state index contributed by atoms with van der Waals surface area (Å²) in [4.78, 5) is 12.0. The number of hydrogen-bond donors (Lipinski definition) is 2. The van der Waals surface area contributed by atoms with Crippen LogP contribution in [-0.4, -0.2) is 21.5 Å². The highest BCUT2D eigenvalue weighted by Crippen LogP contribution is 2.20. The fourth-order valence-electron chi connectivity index (χ4n) is 1.93. The Balaban J connectivity index is 2.04. The molecule has 1 fully saturated rings. The second-order valence-corrected chi connectivity index (χ2v) is 3.65. The normalized spacial score (nSPS) is 21.9. The van der Waals surface area contributed by atoms with Gasteiger partial charge in [-0.1, -0.05) is 0 Å². The van der Waals surface area contributed by atoms with Crippen molar-refractivity contribution in [1.29, 1.82) is 0 Å². The largest absolute Gasteiger partial charge is 0.359 e. The van der Waals surface area contributed by atoms with Crippen molar-refractivity contribution in [1.82, 2.24) is 20.3 Å². The Morgan fingerprint density at radius 1 is 1.43 bits per heavy atom. The highest BCUT2D eigenvalue weighted by Gasteiger charge is 2.18. The third kappa shape index (κ3) is 1.19. The van der Waals surface area contributed by atoms with Crippen LogP contribution in [0.3, 0.4) is 0 Å². The van der Waals surface area contributed by atoms with E-state index in [4.69, 9.17) is 0 Å². The van der Waals surface area contributed by atoms with Crippen molar-refractivity contribution in [2.24, 2.45) is 0 Å². The molecule has 14 heavy (non-hydrogen) atoms. The first-order valence-electron chi connectivity index (χ1n) is 4.97. The van der Waals surface area contributed by atoms with Gasteiger partial charge < -0.3 is 10.3 Å². The van der Waals surface area contributed by atoms with Crippen molar-refractivity contribution in [3.05, 3.63) is 24.3 Å². The summed E-state index contributed by atoms with van der Waals surface area (Å²) in [5, 5.41) is 3.39. The van der Waals surface area contributed by atoms with Gasteiger partial charge >= 0.3 is 0 Å². The minimum absolute atomic E-state index is 0.356. The van der Waals surface area contributed by atoms with E-state index in [1.54, 1.807) is 0 Å². The van der Waals surface area contributed by atoms with E-state index in [1.165, 1.54) is 6.42 Å². The molecule has 0 saturated carbocycles. The van der Waals surface area contributed by atoms with Crippen LogP contribution in [0.15, 0.2) is 18.5 Å². The van der Waals surface area contributed by atoms with Crippen molar-refractivity contribution < 1.29 is 0 Å². The molecule has 1 atom stereocenters. The first kappa shape index (κ1) is 7.94. The van der Waals surface area contributed by atoms with Gasteiger partial charge in [0.15, 0.2) is 0 Å². The Morgan fingerprint density at radius 2 is 2.43 bits per heavy atom. The maximum Gasteiger partial charge on any atom is 0.145 e. The van der Waals surface area contributed by atoms with Crippen LogP contribution in [0.1, 0.15) is 24.7 Å². The van der Waals surface area contributed by atoms with E-state index in [1.807, 2.05) is 18.5 Å². The summed E-state index contributed by atoms with van der Waals surface area (Å²) in [5.41, 5.74) is 2.01. The summed E-state index contributed by atoms with van der Waals surface area (Å²) in [6, 6.07) is 2.34. The number of H-pyrrole nitrogens is 1. The molecular formula is C10H12N4. The molecule has 0 amide bonds. The predicted molar refractivity (Wildman–Crippen MR) is 53.9 cm³/mol. The Bertz CT molecular complexity index is 442. The van der Waals surface area contributed by atoms with Gasteiger partial charge in [-0.15, -0.1) is 0 Å². The first-order chi connectivity index (χ1) is 6.93. The summed E-state index contributed by atoms with van der Waals surface area (Å²) in [6.07, 6.45) is 6.12. The quantitative estimate of drug-likeness (QED) is 0.711. The Morgan fingerprint density at radius 3 is 3.29 bits per heavy atom. The molecule has 3 heterocycles. The molecular weight excluding hydrogens is 176 g/mol. The lowest BCUT2D eigenvalue weighted by Gasteiger charge is -2.07. The molecule has 2 aromatic rings. The van der Waals surface area contributed by atoms with Crippen molar-refractivity contribution in [3.8, 4) is 0 Å². The van der Waals surface area contributed by atoms with Gasteiger partial charge in [0.05, 0.1) is 23.3 Å². The second kappa shape index (κ2) is 3.06. The minimum Gasteiger partial charge on any atom is -0.359 e. The molecule has 0 spiro atoms. The fourth-order valence-corrected chi connectivity index (χ4v) is 1.93. The van der Waals surface area contributed by atoms with Crippen LogP contribution >= 0.6 is 0 Å². The van der Waals surface area contributed by atoms with Crippen LogP contribution in [0.25, 0.3) is 11.0 Å². The van der Waals surface area contributed by atoms with Crippen molar-refractivity contribution in [2.45, 2.75) is 18.9 Å². The Kier molecular flexibility index (Phi) is 1.73. The molecule has 0 aliphatic carbocycles. The van der Waals surface area contributed by atoms with Crippen molar-refractivity contribution in [2.75, 3.05) is 6.54 Å². The zero-order valence-corrected chi connectivity index (χ0v) is 7.83. The van der Waals surface area contributed by atoms with Crippen LogP contribution < -0.4 is 5.32 Å². The molecule has 2 N–H and O–H groups in total. The molecule has 2 aromatic heterocycles. The molecule has 3 rings (SSSR count). The van der Waals surface area contributed by atoms with E-state index in [2.05, 4.69) is 20.3 Å². The van der Waals surface area contributed by atoms with Gasteiger partial charge in [-0.3, -0.25) is 0 Å². The summed E-state index contributed by atoms with van der Waals surface area (Å²) >= 11 is 0. The maximum absolute atomic E-state index is 4.51. The first-order valence-corrected chi connectivity index (χ1v) is 4.97. The molecule has 1 saturated heterocycles. The maximum atomic E-state index is 4.51. The fraction of sp³-hybridized carbons (Fsp3) is 0.400. The second-order valence-electron chi connectivity index (χ2n) is 3.65. The van der Waals surface area contributed by atoms with Gasteiger partial charge in [0.25, 0.3) is 0 Å². The molecule has 4 nitrogen and oxygen atoms in total. The van der Waals surface area contributed by atoms with Gasteiger partial charge in [0.1, 0.15) is 5.82 Å². The van der Waals surface area contributed by atoms with Gasteiger partial charge in [0, 0.05) is 6.20 Å². The van der Waals surface area contributed by atoms with Crippen molar-refractivity contribution >= 4 is 11.0 Å². The van der Waals surface area contributed by atoms with Crippen LogP contribution in [0.2, 0.25) is 0 Å². The third-order valence-corrected chi connectivity index (χ3v) is 2.69. The number of rotatable bonds is 1. The standard InChI is InChI=1S/C10H12N4/c1-2-8(11-4-1)10-13-6-9-7(14-10)3-5-12-9/h3,5-6,8,11-12H,1-2,4H2. The summed E-state index contributed by atoms with van der Waals surface area (Å²) < 4.78 is 0. The molecule has 72 valence electrons. The SMILES string of the molecule is c1cc2nc(C3CCCN3)ncc2[nH]1. The lowest BCUT2D eigenvalue weighted by atomic mass is 10.2. The van der Waals surface area contributed by atoms with Gasteiger partial charge in [-0.05, 0) is 25.5 Å². The summed E-state index contributed by atoms with van der Waals surface area (Å²) in [6.45, 7) is 1.08. The lowest BCUT2D eigenvalue weighted by molar-refractivity contribution is 0.608. The van der Waals surface area contributed by atoms with Crippen LogP contribution in [0.5, 0.6) is 0 Å². The van der Waals surface area contributed by atoms with E-state index < -0.39 is 0 Å². The van der Waals surface area contributed by atoms with E-state index in [0.29, 0.717) is 6.04 Å². The summed E-state index contributed by atoms with van der Waals surface area (Å²) in [7, 11) is 0. The van der Waals surface area contributed by atoms with E-state index in [0.717, 1.165) is 29.8 Å². The molecule has 1 aliphatic heterocycles. The lowest BCUT2D eigenvalue weighted by Crippen LogP contribution is -2.15.